The van der Waals surface area contributed by atoms with Crippen molar-refractivity contribution in [1.82, 2.24) is 19.9 Å². The fraction of sp³-hybridized carbons (Fsp3) is 0.481. The Bertz CT molecular complexity index is 1400. The summed E-state index contributed by atoms with van der Waals surface area (Å²) in [6, 6.07) is 3.73. The molecule has 0 saturated carbocycles. The van der Waals surface area contributed by atoms with Crippen LogP contribution in [-0.2, 0) is 9.47 Å². The molecule has 4 heterocycles. The Balaban J connectivity index is 1.31. The number of carbonyl (C=O) groups is 1. The lowest BCUT2D eigenvalue weighted by atomic mass is 10.2. The zero-order valence-corrected chi connectivity index (χ0v) is 22.4. The molecule has 40 heavy (non-hydrogen) atoms. The number of ether oxygens (including phenoxy) is 4. The Morgan fingerprint density at radius 1 is 1.18 bits per heavy atom. The van der Waals surface area contributed by atoms with E-state index >= 15 is 0 Å². The highest BCUT2D eigenvalue weighted by atomic mass is 19.2. The Kier molecular flexibility index (Phi) is 7.83. The summed E-state index contributed by atoms with van der Waals surface area (Å²) in [5.41, 5.74) is -0.661. The van der Waals surface area contributed by atoms with Crippen LogP contribution in [0.25, 0.3) is 11.0 Å². The molecular weight excluding hydrogens is 531 g/mol. The lowest BCUT2D eigenvalue weighted by molar-refractivity contribution is 0.0274. The minimum absolute atomic E-state index is 0.0166. The fourth-order valence-corrected chi connectivity index (χ4v) is 4.42. The molecule has 3 aromatic rings. The number of carbonyl (C=O) groups excluding carboxylic acids is 1. The number of hydrogen-bond acceptors (Lipinski definition) is 9. The number of aromatic nitrogens is 3. The summed E-state index contributed by atoms with van der Waals surface area (Å²) in [5.74, 6) is -3.66. The molecule has 2 aliphatic heterocycles. The average Bonchev–Trinajstić information content (AvgIpc) is 3.59. The zero-order valence-electron chi connectivity index (χ0n) is 22.4. The van der Waals surface area contributed by atoms with Gasteiger partial charge in [-0.15, -0.1) is 0 Å². The van der Waals surface area contributed by atoms with Gasteiger partial charge in [-0.05, 0) is 45.7 Å². The summed E-state index contributed by atoms with van der Waals surface area (Å²) in [4.78, 5) is 26.2. The maximum absolute atomic E-state index is 14.9. The molecule has 0 aliphatic carbocycles. The van der Waals surface area contributed by atoms with Gasteiger partial charge in [0.05, 0.1) is 23.9 Å². The van der Waals surface area contributed by atoms with Crippen molar-refractivity contribution >= 4 is 28.6 Å². The van der Waals surface area contributed by atoms with Gasteiger partial charge in [-0.2, -0.15) is 4.39 Å². The molecule has 214 valence electrons. The van der Waals surface area contributed by atoms with E-state index in [1.165, 1.54) is 17.0 Å². The highest BCUT2D eigenvalue weighted by molar-refractivity contribution is 5.87. The van der Waals surface area contributed by atoms with Crippen LogP contribution < -0.4 is 14.8 Å². The fourth-order valence-electron chi connectivity index (χ4n) is 4.42. The minimum atomic E-state index is -1.18. The molecule has 0 spiro atoms. The van der Waals surface area contributed by atoms with Crippen LogP contribution in [0.5, 0.6) is 11.6 Å². The Labute approximate surface area is 228 Å². The molecule has 1 N–H and O–H groups in total. The van der Waals surface area contributed by atoms with Crippen LogP contribution in [0.15, 0.2) is 24.5 Å². The van der Waals surface area contributed by atoms with E-state index in [4.69, 9.17) is 18.9 Å². The number of benzene rings is 1. The van der Waals surface area contributed by atoms with Gasteiger partial charge in [-0.25, -0.2) is 28.5 Å². The third kappa shape index (κ3) is 6.30. The molecule has 2 fully saturated rings. The number of hydrogen-bond donors (Lipinski definition) is 1. The van der Waals surface area contributed by atoms with Crippen LogP contribution in [0.1, 0.15) is 40.0 Å². The van der Waals surface area contributed by atoms with Gasteiger partial charge in [0.25, 0.3) is 5.88 Å². The molecule has 2 saturated heterocycles. The number of fused-ring (bicyclic) bond motifs is 1. The summed E-state index contributed by atoms with van der Waals surface area (Å²) in [5, 5.41) is 2.71. The molecule has 1 aromatic carbocycles. The van der Waals surface area contributed by atoms with Crippen molar-refractivity contribution in [2.24, 2.45) is 0 Å². The molecule has 1 amide bonds. The molecule has 0 bridgehead atoms. The smallest absolute Gasteiger partial charge is 0.410 e. The zero-order chi connectivity index (χ0) is 28.4. The first-order valence-corrected chi connectivity index (χ1v) is 13.0. The van der Waals surface area contributed by atoms with E-state index in [0.717, 1.165) is 25.2 Å². The third-order valence-corrected chi connectivity index (χ3v) is 6.36. The van der Waals surface area contributed by atoms with Gasteiger partial charge in [0.2, 0.25) is 5.82 Å². The minimum Gasteiger partial charge on any atom is -0.488 e. The normalized spacial score (nSPS) is 19.2. The van der Waals surface area contributed by atoms with Crippen LogP contribution in [0, 0.1) is 17.5 Å². The number of nitrogens with one attached hydrogen (secondary N) is 1. The Hall–Kier alpha value is -3.87. The summed E-state index contributed by atoms with van der Waals surface area (Å²) in [7, 11) is 0. The van der Waals surface area contributed by atoms with E-state index in [-0.39, 0.29) is 53.4 Å². The molecule has 2 atom stereocenters. The second-order valence-electron chi connectivity index (χ2n) is 10.6. The topological polar surface area (TPSA) is 108 Å². The van der Waals surface area contributed by atoms with Crippen molar-refractivity contribution in [1.29, 1.82) is 0 Å². The second kappa shape index (κ2) is 11.3. The monoisotopic (exact) mass is 561 g/mol. The molecule has 2 aliphatic rings. The number of rotatable bonds is 7. The van der Waals surface area contributed by atoms with Crippen molar-refractivity contribution < 1.29 is 36.9 Å². The van der Waals surface area contributed by atoms with E-state index in [2.05, 4.69) is 20.3 Å². The Morgan fingerprint density at radius 2 is 2.00 bits per heavy atom. The van der Waals surface area contributed by atoms with Crippen LogP contribution in [0.3, 0.4) is 0 Å². The molecule has 10 nitrogen and oxygen atoms in total. The predicted molar refractivity (Wildman–Crippen MR) is 138 cm³/mol. The first kappa shape index (κ1) is 27.7. The molecular formula is C27H30F3N5O5. The summed E-state index contributed by atoms with van der Waals surface area (Å²) < 4.78 is 66.5. The quantitative estimate of drug-likeness (QED) is 0.420. The number of pyridine rings is 1. The van der Waals surface area contributed by atoms with E-state index < -0.39 is 35.2 Å². The molecule has 13 heteroatoms. The average molecular weight is 562 g/mol. The summed E-state index contributed by atoms with van der Waals surface area (Å²) >= 11 is 0. The SMILES string of the molecule is CC(C)(C)OC(=O)N1CC[C@H](Oc2nc3c(Nc4ccc(OC[C@H]5CCCO5)c(F)c4F)ncnc3cc2F)C1. The van der Waals surface area contributed by atoms with Gasteiger partial charge in [-0.1, -0.05) is 0 Å². The number of amides is 1. The van der Waals surface area contributed by atoms with Crippen LogP contribution in [0.2, 0.25) is 0 Å². The van der Waals surface area contributed by atoms with Crippen LogP contribution in [-0.4, -0.2) is 70.1 Å². The van der Waals surface area contributed by atoms with Gasteiger partial charge in [0, 0.05) is 25.6 Å². The summed E-state index contributed by atoms with van der Waals surface area (Å²) in [6.45, 7) is 6.62. The highest BCUT2D eigenvalue weighted by Crippen LogP contribution is 2.31. The maximum atomic E-state index is 14.9. The molecule has 5 rings (SSSR count). The van der Waals surface area contributed by atoms with Crippen LogP contribution in [0.4, 0.5) is 29.5 Å². The first-order chi connectivity index (χ1) is 19.1. The number of nitrogens with zero attached hydrogens (tertiary/aromatic N) is 4. The lowest BCUT2D eigenvalue weighted by Gasteiger charge is -2.24. The van der Waals surface area contributed by atoms with E-state index in [9.17, 15) is 18.0 Å². The second-order valence-corrected chi connectivity index (χ2v) is 10.6. The van der Waals surface area contributed by atoms with Gasteiger partial charge in [0.15, 0.2) is 23.2 Å². The lowest BCUT2D eigenvalue weighted by Crippen LogP contribution is -2.36. The van der Waals surface area contributed by atoms with Gasteiger partial charge in [-0.3, -0.25) is 0 Å². The van der Waals surface area contributed by atoms with Crippen molar-refractivity contribution in [3.05, 3.63) is 42.0 Å². The predicted octanol–water partition coefficient (Wildman–Crippen LogP) is 5.13. The first-order valence-electron chi connectivity index (χ1n) is 13.0. The molecule has 0 radical (unpaired) electrons. The van der Waals surface area contributed by atoms with Crippen molar-refractivity contribution in [3.8, 4) is 11.6 Å². The van der Waals surface area contributed by atoms with Crippen molar-refractivity contribution in [2.75, 3.05) is 31.6 Å². The number of halogens is 3. The standard InChI is InChI=1S/C27H30F3N5O5/c1-27(2,3)40-26(36)35-9-8-15(12-35)39-25-17(28)11-19-23(34-25)24(32-14-31-19)33-18-6-7-20(22(30)21(18)29)38-13-16-5-4-10-37-16/h6-7,11,14-16H,4-5,8-10,12-13H2,1-3H3,(H,31,32,33)/t15-,16+/m0/s1. The van der Waals surface area contributed by atoms with Crippen LogP contribution >= 0.6 is 0 Å². The maximum Gasteiger partial charge on any atom is 0.410 e. The number of likely N-dealkylation sites (tertiary alicyclic amines) is 1. The molecule has 0 unspecified atom stereocenters. The van der Waals surface area contributed by atoms with Crippen molar-refractivity contribution in [2.45, 2.75) is 57.8 Å². The highest BCUT2D eigenvalue weighted by Gasteiger charge is 2.32. The van der Waals surface area contributed by atoms with E-state index in [1.54, 1.807) is 20.8 Å². The van der Waals surface area contributed by atoms with Gasteiger partial charge >= 0.3 is 6.09 Å². The molecule has 2 aromatic heterocycles. The van der Waals surface area contributed by atoms with E-state index in [1.807, 2.05) is 0 Å². The third-order valence-electron chi connectivity index (χ3n) is 6.36. The van der Waals surface area contributed by atoms with Gasteiger partial charge < -0.3 is 29.2 Å². The number of anilines is 2. The summed E-state index contributed by atoms with van der Waals surface area (Å²) in [6.07, 6.45) is 2.13. The largest absolute Gasteiger partial charge is 0.488 e. The van der Waals surface area contributed by atoms with Crippen molar-refractivity contribution in [3.63, 3.8) is 0 Å². The Morgan fingerprint density at radius 3 is 2.75 bits per heavy atom. The van der Waals surface area contributed by atoms with E-state index in [0.29, 0.717) is 19.6 Å². The van der Waals surface area contributed by atoms with Gasteiger partial charge in [0.1, 0.15) is 30.2 Å².